The van der Waals surface area contributed by atoms with Gasteiger partial charge in [-0.05, 0) is 31.9 Å². The number of hydrogen-bond acceptors (Lipinski definition) is 3. The summed E-state index contributed by atoms with van der Waals surface area (Å²) in [5.74, 6) is 0. The normalized spacial score (nSPS) is 26.9. The van der Waals surface area contributed by atoms with Gasteiger partial charge in [-0.15, -0.1) is 0 Å². The summed E-state index contributed by atoms with van der Waals surface area (Å²) in [5, 5.41) is 3.30. The molecule has 0 saturated carbocycles. The Morgan fingerprint density at radius 1 is 1.32 bits per heavy atom. The minimum Gasteiger partial charge on any atom is -0.368 e. The molecule has 19 heavy (non-hydrogen) atoms. The van der Waals surface area contributed by atoms with E-state index in [-0.39, 0.29) is 5.60 Å². The van der Waals surface area contributed by atoms with Gasteiger partial charge in [-0.2, -0.15) is 0 Å². The topological polar surface area (TPSA) is 24.5 Å². The van der Waals surface area contributed by atoms with Gasteiger partial charge in [0.25, 0.3) is 0 Å². The highest BCUT2D eigenvalue weighted by molar-refractivity contribution is 5.14. The van der Waals surface area contributed by atoms with Crippen LogP contribution in [0.15, 0.2) is 30.3 Å². The van der Waals surface area contributed by atoms with Crippen molar-refractivity contribution in [1.29, 1.82) is 0 Å². The monoisotopic (exact) mass is 260 g/mol. The summed E-state index contributed by atoms with van der Waals surface area (Å²) in [7, 11) is 0. The maximum Gasteiger partial charge on any atom is 0.0906 e. The average molecular weight is 260 g/mol. The molecule has 0 bridgehead atoms. The molecule has 1 N–H and O–H groups in total. The van der Waals surface area contributed by atoms with Gasteiger partial charge in [0.1, 0.15) is 0 Å². The molecule has 104 valence electrons. The number of nitrogens with zero attached hydrogens (tertiary/aromatic N) is 1. The van der Waals surface area contributed by atoms with Crippen molar-refractivity contribution in [3.63, 3.8) is 0 Å². The summed E-state index contributed by atoms with van der Waals surface area (Å²) < 4.78 is 6.28. The van der Waals surface area contributed by atoms with Crippen molar-refractivity contribution in [2.75, 3.05) is 26.2 Å². The average Bonchev–Trinajstić information content (AvgIpc) is 2.38. The van der Waals surface area contributed by atoms with Crippen LogP contribution in [0, 0.1) is 0 Å². The molecule has 3 nitrogen and oxygen atoms in total. The van der Waals surface area contributed by atoms with Crippen molar-refractivity contribution < 1.29 is 4.74 Å². The van der Waals surface area contributed by atoms with Gasteiger partial charge in [0, 0.05) is 26.2 Å². The molecule has 1 atom stereocenters. The minimum absolute atomic E-state index is 0.0838. The predicted octanol–water partition coefficient (Wildman–Crippen LogP) is 2.03. The van der Waals surface area contributed by atoms with E-state index in [4.69, 9.17) is 4.74 Å². The van der Waals surface area contributed by atoms with Crippen molar-refractivity contribution in [3.05, 3.63) is 35.9 Å². The zero-order valence-corrected chi connectivity index (χ0v) is 11.8. The van der Waals surface area contributed by atoms with Crippen LogP contribution < -0.4 is 5.32 Å². The minimum atomic E-state index is 0.0838. The van der Waals surface area contributed by atoms with E-state index in [0.29, 0.717) is 6.10 Å². The molecule has 1 unspecified atom stereocenters. The third-order valence-electron chi connectivity index (χ3n) is 4.16. The molecule has 2 heterocycles. The van der Waals surface area contributed by atoms with Crippen LogP contribution in [0.1, 0.15) is 25.3 Å². The third-order valence-corrected chi connectivity index (χ3v) is 4.16. The van der Waals surface area contributed by atoms with Crippen LogP contribution in [0.25, 0.3) is 0 Å². The Labute approximate surface area is 115 Å². The van der Waals surface area contributed by atoms with E-state index < -0.39 is 0 Å². The highest BCUT2D eigenvalue weighted by Crippen LogP contribution is 2.23. The molecule has 2 saturated heterocycles. The Bertz CT molecular complexity index is 402. The lowest BCUT2D eigenvalue weighted by Crippen LogP contribution is -2.61. The molecule has 0 radical (unpaired) electrons. The highest BCUT2D eigenvalue weighted by atomic mass is 16.5. The largest absolute Gasteiger partial charge is 0.368 e. The first-order valence-corrected chi connectivity index (χ1v) is 7.38. The van der Waals surface area contributed by atoms with Crippen molar-refractivity contribution in [2.45, 2.75) is 38.0 Å². The molecular weight excluding hydrogens is 236 g/mol. The van der Waals surface area contributed by atoms with Crippen molar-refractivity contribution in [3.8, 4) is 0 Å². The van der Waals surface area contributed by atoms with E-state index in [1.54, 1.807) is 0 Å². The van der Waals surface area contributed by atoms with E-state index in [2.05, 4.69) is 47.5 Å². The van der Waals surface area contributed by atoms with Crippen LogP contribution in [-0.4, -0.2) is 42.8 Å². The van der Waals surface area contributed by atoms with Gasteiger partial charge in [0.05, 0.1) is 11.7 Å². The van der Waals surface area contributed by atoms with Gasteiger partial charge in [0.2, 0.25) is 0 Å². The predicted molar refractivity (Wildman–Crippen MR) is 77.1 cm³/mol. The second kappa shape index (κ2) is 5.61. The fourth-order valence-corrected chi connectivity index (χ4v) is 3.06. The summed E-state index contributed by atoms with van der Waals surface area (Å²) in [4.78, 5) is 2.53. The van der Waals surface area contributed by atoms with Gasteiger partial charge in [-0.1, -0.05) is 30.3 Å². The van der Waals surface area contributed by atoms with Gasteiger partial charge >= 0.3 is 0 Å². The van der Waals surface area contributed by atoms with Gasteiger partial charge in [-0.3, -0.25) is 4.90 Å². The first-order valence-electron chi connectivity index (χ1n) is 7.38. The van der Waals surface area contributed by atoms with Gasteiger partial charge in [0.15, 0.2) is 0 Å². The van der Waals surface area contributed by atoms with Crippen LogP contribution in [0.3, 0.4) is 0 Å². The zero-order valence-electron chi connectivity index (χ0n) is 11.8. The summed E-state index contributed by atoms with van der Waals surface area (Å²) in [6.45, 7) is 7.55. The van der Waals surface area contributed by atoms with Crippen molar-refractivity contribution in [2.24, 2.45) is 0 Å². The lowest BCUT2D eigenvalue weighted by Gasteiger charge is -2.44. The standard InChI is InChI=1S/C16H24N2O/c1-16(12-17-13-16)19-15-8-5-9-18(11-15)10-14-6-3-2-4-7-14/h2-4,6-7,15,17H,5,8-13H2,1H3. The lowest BCUT2D eigenvalue weighted by molar-refractivity contribution is -0.129. The molecule has 1 aromatic carbocycles. The number of rotatable bonds is 4. The number of hydrogen-bond donors (Lipinski definition) is 1. The third kappa shape index (κ3) is 3.35. The molecule has 2 fully saturated rings. The molecule has 0 aliphatic carbocycles. The number of benzene rings is 1. The van der Waals surface area contributed by atoms with Crippen LogP contribution in [-0.2, 0) is 11.3 Å². The number of ether oxygens (including phenoxy) is 1. The molecule has 3 heteroatoms. The quantitative estimate of drug-likeness (QED) is 0.896. The smallest absolute Gasteiger partial charge is 0.0906 e. The van der Waals surface area contributed by atoms with Crippen LogP contribution >= 0.6 is 0 Å². The SMILES string of the molecule is CC1(OC2CCCN(Cc3ccccc3)C2)CNC1. The van der Waals surface area contributed by atoms with E-state index in [1.165, 1.54) is 24.9 Å². The molecule has 0 spiro atoms. The van der Waals surface area contributed by atoms with Crippen molar-refractivity contribution in [1.82, 2.24) is 10.2 Å². The Kier molecular flexibility index (Phi) is 3.87. The van der Waals surface area contributed by atoms with Gasteiger partial charge < -0.3 is 10.1 Å². The van der Waals surface area contributed by atoms with Crippen LogP contribution in [0.2, 0.25) is 0 Å². The van der Waals surface area contributed by atoms with E-state index in [1.807, 2.05) is 0 Å². The number of nitrogens with one attached hydrogen (secondary N) is 1. The fourth-order valence-electron chi connectivity index (χ4n) is 3.06. The summed E-state index contributed by atoms with van der Waals surface area (Å²) in [6.07, 6.45) is 2.87. The maximum absolute atomic E-state index is 6.28. The number of piperidine rings is 1. The highest BCUT2D eigenvalue weighted by Gasteiger charge is 2.36. The molecule has 0 aromatic heterocycles. The van der Waals surface area contributed by atoms with Crippen molar-refractivity contribution >= 4 is 0 Å². The molecule has 0 amide bonds. The first-order chi connectivity index (χ1) is 9.23. The Balaban J connectivity index is 1.53. The second-order valence-electron chi connectivity index (χ2n) is 6.16. The Morgan fingerprint density at radius 3 is 2.79 bits per heavy atom. The summed E-state index contributed by atoms with van der Waals surface area (Å²) in [5.41, 5.74) is 1.49. The van der Waals surface area contributed by atoms with Crippen LogP contribution in [0.4, 0.5) is 0 Å². The first kappa shape index (κ1) is 13.1. The van der Waals surface area contributed by atoms with Gasteiger partial charge in [-0.25, -0.2) is 0 Å². The second-order valence-corrected chi connectivity index (χ2v) is 6.16. The van der Waals surface area contributed by atoms with E-state index in [9.17, 15) is 0 Å². The molecule has 1 aromatic rings. The van der Waals surface area contributed by atoms with E-state index in [0.717, 1.165) is 26.2 Å². The van der Waals surface area contributed by atoms with Crippen LogP contribution in [0.5, 0.6) is 0 Å². The maximum atomic E-state index is 6.28. The summed E-state index contributed by atoms with van der Waals surface area (Å²) in [6, 6.07) is 10.7. The Morgan fingerprint density at radius 2 is 2.11 bits per heavy atom. The fraction of sp³-hybridized carbons (Fsp3) is 0.625. The molecule has 2 aliphatic rings. The Hall–Kier alpha value is -0.900. The van der Waals surface area contributed by atoms with E-state index >= 15 is 0 Å². The molecule has 3 rings (SSSR count). The molecular formula is C16H24N2O. The zero-order chi connectivity index (χ0) is 13.1. The summed E-state index contributed by atoms with van der Waals surface area (Å²) >= 11 is 0. The number of likely N-dealkylation sites (tertiary alicyclic amines) is 1. The molecule has 2 aliphatic heterocycles. The lowest BCUT2D eigenvalue weighted by atomic mass is 9.98.